The van der Waals surface area contributed by atoms with Crippen molar-refractivity contribution >= 4 is 34.2 Å². The topological polar surface area (TPSA) is 71.8 Å². The van der Waals surface area contributed by atoms with Crippen molar-refractivity contribution < 1.29 is 19.0 Å². The molecule has 0 bridgehead atoms. The first kappa shape index (κ1) is 19.4. The van der Waals surface area contributed by atoms with Crippen molar-refractivity contribution in [1.82, 2.24) is 4.57 Å². The molecular weight excluding hydrogens is 399 g/mol. The third kappa shape index (κ3) is 3.83. The molecule has 1 aromatic heterocycles. The van der Waals surface area contributed by atoms with Gasteiger partial charge in [0.05, 0.1) is 24.4 Å². The van der Waals surface area contributed by atoms with Crippen molar-refractivity contribution in [3.63, 3.8) is 0 Å². The predicted molar refractivity (Wildman–Crippen MR) is 109 cm³/mol. The summed E-state index contributed by atoms with van der Waals surface area (Å²) in [6, 6.07) is 9.85. The number of rotatable bonds is 4. The normalized spacial score (nSPS) is 14.3. The van der Waals surface area contributed by atoms with Gasteiger partial charge in [-0.3, -0.25) is 4.79 Å². The number of carboxylic acid groups (broad SMARTS) is 1. The Labute approximate surface area is 170 Å². The standard InChI is InChI=1S/C21H18ClFN2O4/c22-14-3-1-13(2-4-14)11-25-12-16(21(27)28)20(26)15-9-17(23)19(10-18(15)25)24-5-7-29-8-6-24/h1-4,9-10,12H,5-8,11H2,(H,27,28). The van der Waals surface area contributed by atoms with E-state index < -0.39 is 22.8 Å². The Balaban J connectivity index is 1.90. The molecule has 6 nitrogen and oxygen atoms in total. The SMILES string of the molecule is O=C(O)c1cn(Cc2ccc(Cl)cc2)c2cc(N3CCOCC3)c(F)cc2c1=O. The number of morpholine rings is 1. The molecule has 1 fully saturated rings. The smallest absolute Gasteiger partial charge is 0.341 e. The van der Waals surface area contributed by atoms with Gasteiger partial charge in [0.15, 0.2) is 0 Å². The highest BCUT2D eigenvalue weighted by molar-refractivity contribution is 6.30. The number of halogens is 2. The molecule has 0 unspecified atom stereocenters. The van der Waals surface area contributed by atoms with Crippen LogP contribution in [0.5, 0.6) is 0 Å². The van der Waals surface area contributed by atoms with Gasteiger partial charge < -0.3 is 19.3 Å². The van der Waals surface area contributed by atoms with Crippen molar-refractivity contribution in [2.75, 3.05) is 31.2 Å². The highest BCUT2D eigenvalue weighted by atomic mass is 35.5. The minimum absolute atomic E-state index is 0.0355. The molecule has 3 aromatic rings. The van der Waals surface area contributed by atoms with Gasteiger partial charge in [-0.25, -0.2) is 9.18 Å². The quantitative estimate of drug-likeness (QED) is 0.706. The second-order valence-electron chi connectivity index (χ2n) is 6.85. The molecule has 1 aliphatic heterocycles. The zero-order chi connectivity index (χ0) is 20.5. The molecule has 0 aliphatic carbocycles. The van der Waals surface area contributed by atoms with Gasteiger partial charge in [0.25, 0.3) is 0 Å². The van der Waals surface area contributed by atoms with Gasteiger partial charge in [-0.05, 0) is 29.8 Å². The molecule has 150 valence electrons. The fourth-order valence-corrected chi connectivity index (χ4v) is 3.64. The number of anilines is 1. The van der Waals surface area contributed by atoms with Crippen molar-refractivity contribution in [1.29, 1.82) is 0 Å². The first-order valence-corrected chi connectivity index (χ1v) is 9.49. The summed E-state index contributed by atoms with van der Waals surface area (Å²) in [4.78, 5) is 26.1. The van der Waals surface area contributed by atoms with Crippen LogP contribution >= 0.6 is 11.6 Å². The molecular formula is C21H18ClFN2O4. The van der Waals surface area contributed by atoms with E-state index in [1.807, 2.05) is 17.0 Å². The average molecular weight is 417 g/mol. The number of hydrogen-bond donors (Lipinski definition) is 1. The van der Waals surface area contributed by atoms with E-state index in [1.165, 1.54) is 6.20 Å². The number of aromatic nitrogens is 1. The lowest BCUT2D eigenvalue weighted by molar-refractivity contribution is 0.0695. The summed E-state index contributed by atoms with van der Waals surface area (Å²) in [7, 11) is 0. The van der Waals surface area contributed by atoms with Gasteiger partial charge in [0, 0.05) is 36.2 Å². The Bertz CT molecular complexity index is 1140. The summed E-state index contributed by atoms with van der Waals surface area (Å²) in [6.45, 7) is 2.37. The Morgan fingerprint density at radius 2 is 1.86 bits per heavy atom. The third-order valence-electron chi connectivity index (χ3n) is 5.00. The van der Waals surface area contributed by atoms with Crippen LogP contribution in [0.2, 0.25) is 5.02 Å². The lowest BCUT2D eigenvalue weighted by atomic mass is 10.1. The Morgan fingerprint density at radius 1 is 1.17 bits per heavy atom. The monoisotopic (exact) mass is 416 g/mol. The van der Waals surface area contributed by atoms with Crippen LogP contribution < -0.4 is 10.3 Å². The second-order valence-corrected chi connectivity index (χ2v) is 7.29. The van der Waals surface area contributed by atoms with Gasteiger partial charge in [-0.2, -0.15) is 0 Å². The Morgan fingerprint density at radius 3 is 2.52 bits per heavy atom. The fraction of sp³-hybridized carbons (Fsp3) is 0.238. The minimum Gasteiger partial charge on any atom is -0.477 e. The second kappa shape index (κ2) is 7.85. The van der Waals surface area contributed by atoms with E-state index in [-0.39, 0.29) is 5.39 Å². The van der Waals surface area contributed by atoms with E-state index in [4.69, 9.17) is 16.3 Å². The van der Waals surface area contributed by atoms with Crippen LogP contribution in [0.15, 0.2) is 47.4 Å². The number of hydrogen-bond acceptors (Lipinski definition) is 4. The van der Waals surface area contributed by atoms with E-state index in [1.54, 1.807) is 22.8 Å². The molecule has 1 saturated heterocycles. The zero-order valence-corrected chi connectivity index (χ0v) is 16.2. The molecule has 2 aromatic carbocycles. The number of benzene rings is 2. The predicted octanol–water partition coefficient (Wildman–Crippen LogP) is 3.38. The maximum absolute atomic E-state index is 14.8. The molecule has 0 radical (unpaired) electrons. The lowest BCUT2D eigenvalue weighted by Gasteiger charge is -2.29. The zero-order valence-electron chi connectivity index (χ0n) is 15.4. The largest absolute Gasteiger partial charge is 0.477 e. The van der Waals surface area contributed by atoms with Gasteiger partial charge in [-0.15, -0.1) is 0 Å². The van der Waals surface area contributed by atoms with Gasteiger partial charge in [0.2, 0.25) is 5.43 Å². The number of carbonyl (C=O) groups is 1. The van der Waals surface area contributed by atoms with Crippen LogP contribution in [0, 0.1) is 5.82 Å². The Kier molecular flexibility index (Phi) is 5.25. The van der Waals surface area contributed by atoms with Crippen LogP contribution in [-0.4, -0.2) is 41.9 Å². The molecule has 0 saturated carbocycles. The van der Waals surface area contributed by atoms with Crippen molar-refractivity contribution in [3.8, 4) is 0 Å². The van der Waals surface area contributed by atoms with Crippen LogP contribution in [-0.2, 0) is 11.3 Å². The molecule has 1 N–H and O–H groups in total. The highest BCUT2D eigenvalue weighted by Gasteiger charge is 2.20. The molecule has 29 heavy (non-hydrogen) atoms. The molecule has 0 atom stereocenters. The number of pyridine rings is 1. The van der Waals surface area contributed by atoms with Crippen molar-refractivity contribution in [2.24, 2.45) is 0 Å². The van der Waals surface area contributed by atoms with Crippen LogP contribution in [0.1, 0.15) is 15.9 Å². The van der Waals surface area contributed by atoms with Crippen LogP contribution in [0.25, 0.3) is 10.9 Å². The van der Waals surface area contributed by atoms with E-state index >= 15 is 0 Å². The fourth-order valence-electron chi connectivity index (χ4n) is 3.52. The van der Waals surface area contributed by atoms with Gasteiger partial charge in [0.1, 0.15) is 11.4 Å². The summed E-state index contributed by atoms with van der Waals surface area (Å²) in [5, 5.41) is 10.1. The maximum Gasteiger partial charge on any atom is 0.341 e. The summed E-state index contributed by atoms with van der Waals surface area (Å²) in [5.41, 5.74) is 0.608. The number of ether oxygens (including phenoxy) is 1. The molecule has 2 heterocycles. The average Bonchev–Trinajstić information content (AvgIpc) is 2.72. The summed E-state index contributed by atoms with van der Waals surface area (Å²) < 4.78 is 21.8. The number of fused-ring (bicyclic) bond motifs is 1. The summed E-state index contributed by atoms with van der Waals surface area (Å²) in [6.07, 6.45) is 1.31. The number of aromatic carboxylic acids is 1. The van der Waals surface area contributed by atoms with E-state index in [2.05, 4.69) is 0 Å². The minimum atomic E-state index is -1.35. The molecule has 1 aliphatic rings. The van der Waals surface area contributed by atoms with Gasteiger partial charge >= 0.3 is 5.97 Å². The van der Waals surface area contributed by atoms with Crippen LogP contribution in [0.4, 0.5) is 10.1 Å². The van der Waals surface area contributed by atoms with E-state index in [0.717, 1.165) is 11.6 Å². The first-order valence-electron chi connectivity index (χ1n) is 9.11. The number of carboxylic acids is 1. The van der Waals surface area contributed by atoms with Crippen molar-refractivity contribution in [3.05, 3.63) is 74.8 Å². The van der Waals surface area contributed by atoms with Gasteiger partial charge in [-0.1, -0.05) is 23.7 Å². The summed E-state index contributed by atoms with van der Waals surface area (Å²) in [5.74, 6) is -1.91. The molecule has 0 spiro atoms. The summed E-state index contributed by atoms with van der Waals surface area (Å²) >= 11 is 5.94. The lowest BCUT2D eigenvalue weighted by Crippen LogP contribution is -2.36. The molecule has 4 rings (SSSR count). The maximum atomic E-state index is 14.8. The van der Waals surface area contributed by atoms with E-state index in [0.29, 0.717) is 49.1 Å². The first-order chi connectivity index (χ1) is 13.9. The van der Waals surface area contributed by atoms with Crippen molar-refractivity contribution in [2.45, 2.75) is 6.54 Å². The third-order valence-corrected chi connectivity index (χ3v) is 5.25. The molecule has 8 heteroatoms. The molecule has 0 amide bonds. The Hall–Kier alpha value is -2.90. The number of nitrogens with zero attached hydrogens (tertiary/aromatic N) is 2. The van der Waals surface area contributed by atoms with E-state index in [9.17, 15) is 19.1 Å². The highest BCUT2D eigenvalue weighted by Crippen LogP contribution is 2.26. The van der Waals surface area contributed by atoms with Crippen LogP contribution in [0.3, 0.4) is 0 Å².